The Bertz CT molecular complexity index is 703. The second kappa shape index (κ2) is 5.29. The quantitative estimate of drug-likeness (QED) is 0.941. The smallest absolute Gasteiger partial charge is 0.123 e. The van der Waals surface area contributed by atoms with E-state index in [-0.39, 0.29) is 5.82 Å². The lowest BCUT2D eigenvalue weighted by atomic mass is 9.98. The predicted molar refractivity (Wildman–Crippen MR) is 84.8 cm³/mol. The Morgan fingerprint density at radius 3 is 3.00 bits per heavy atom. The largest absolute Gasteiger partial charge is 0.497 e. The van der Waals surface area contributed by atoms with E-state index in [0.29, 0.717) is 12.0 Å². The first-order valence-corrected chi connectivity index (χ1v) is 7.64. The molecule has 2 aromatic carbocycles. The Hall–Kier alpha value is -2.07. The van der Waals surface area contributed by atoms with Gasteiger partial charge in [-0.05, 0) is 41.5 Å². The van der Waals surface area contributed by atoms with E-state index >= 15 is 0 Å². The molecule has 0 aliphatic carbocycles. The lowest BCUT2D eigenvalue weighted by molar-refractivity contribution is 0.323. The third-order valence-corrected chi connectivity index (χ3v) is 4.69. The molecule has 0 saturated carbocycles. The molecule has 2 aromatic rings. The molecule has 3 nitrogen and oxygen atoms in total. The zero-order valence-electron chi connectivity index (χ0n) is 12.6. The number of hydrogen-bond acceptors (Lipinski definition) is 3. The highest BCUT2D eigenvalue weighted by atomic mass is 19.1. The molecular formula is C18H19FN2O. The summed E-state index contributed by atoms with van der Waals surface area (Å²) in [4.78, 5) is 2.42. The lowest BCUT2D eigenvalue weighted by Crippen LogP contribution is -2.25. The topological polar surface area (TPSA) is 24.5 Å². The minimum Gasteiger partial charge on any atom is -0.497 e. The predicted octanol–water partition coefficient (Wildman–Crippen LogP) is 3.23. The summed E-state index contributed by atoms with van der Waals surface area (Å²) < 4.78 is 18.8. The van der Waals surface area contributed by atoms with E-state index in [0.717, 1.165) is 36.6 Å². The molecule has 1 saturated heterocycles. The van der Waals surface area contributed by atoms with Crippen molar-refractivity contribution in [3.63, 3.8) is 0 Å². The Labute approximate surface area is 129 Å². The van der Waals surface area contributed by atoms with Crippen LogP contribution in [0.15, 0.2) is 42.5 Å². The van der Waals surface area contributed by atoms with Crippen molar-refractivity contribution in [3.05, 3.63) is 59.4 Å². The average Bonchev–Trinajstić information content (AvgIpc) is 3.05. The summed E-state index contributed by atoms with van der Waals surface area (Å²) in [6, 6.07) is 13.6. The summed E-state index contributed by atoms with van der Waals surface area (Å²) in [5.41, 5.74) is 3.47. The van der Waals surface area contributed by atoms with Gasteiger partial charge in [0.2, 0.25) is 0 Å². The van der Waals surface area contributed by atoms with Crippen molar-refractivity contribution in [1.29, 1.82) is 0 Å². The Morgan fingerprint density at radius 2 is 2.14 bits per heavy atom. The van der Waals surface area contributed by atoms with Crippen LogP contribution >= 0.6 is 0 Å². The van der Waals surface area contributed by atoms with Crippen LogP contribution in [0.2, 0.25) is 0 Å². The number of benzene rings is 2. The van der Waals surface area contributed by atoms with Gasteiger partial charge in [0, 0.05) is 37.3 Å². The van der Waals surface area contributed by atoms with E-state index in [9.17, 15) is 4.39 Å². The maximum atomic E-state index is 13.5. The molecule has 0 amide bonds. The van der Waals surface area contributed by atoms with Crippen LogP contribution in [0.25, 0.3) is 0 Å². The van der Waals surface area contributed by atoms with Gasteiger partial charge in [-0.15, -0.1) is 0 Å². The number of fused-ring (bicyclic) bond motifs is 3. The van der Waals surface area contributed by atoms with Gasteiger partial charge < -0.3 is 10.1 Å². The summed E-state index contributed by atoms with van der Waals surface area (Å²) in [5.74, 6) is 1.13. The molecule has 0 spiro atoms. The zero-order valence-corrected chi connectivity index (χ0v) is 12.6. The maximum Gasteiger partial charge on any atom is 0.123 e. The first-order valence-electron chi connectivity index (χ1n) is 7.64. The minimum absolute atomic E-state index is 0.146. The van der Waals surface area contributed by atoms with Crippen molar-refractivity contribution < 1.29 is 9.13 Å². The van der Waals surface area contributed by atoms with Crippen molar-refractivity contribution >= 4 is 5.69 Å². The Morgan fingerprint density at radius 1 is 1.23 bits per heavy atom. The monoisotopic (exact) mass is 298 g/mol. The molecule has 1 fully saturated rings. The van der Waals surface area contributed by atoms with Gasteiger partial charge in [0.25, 0.3) is 0 Å². The summed E-state index contributed by atoms with van der Waals surface area (Å²) in [5, 5.41) is 3.53. The summed E-state index contributed by atoms with van der Waals surface area (Å²) in [6.45, 7) is 2.85. The number of ether oxygens (including phenoxy) is 1. The second-order valence-electron chi connectivity index (χ2n) is 6.13. The number of nitrogens with one attached hydrogen (secondary N) is 1. The van der Waals surface area contributed by atoms with Crippen molar-refractivity contribution in [2.24, 2.45) is 0 Å². The molecular weight excluding hydrogens is 279 g/mol. The van der Waals surface area contributed by atoms with Crippen molar-refractivity contribution in [2.45, 2.75) is 18.5 Å². The van der Waals surface area contributed by atoms with Gasteiger partial charge >= 0.3 is 0 Å². The fourth-order valence-electron chi connectivity index (χ4n) is 3.68. The molecule has 0 unspecified atom stereocenters. The average molecular weight is 298 g/mol. The lowest BCUT2D eigenvalue weighted by Gasteiger charge is -2.18. The molecule has 114 valence electrons. The molecule has 2 aliphatic heterocycles. The Kier molecular flexibility index (Phi) is 3.26. The van der Waals surface area contributed by atoms with E-state index in [1.54, 1.807) is 13.2 Å². The van der Waals surface area contributed by atoms with Gasteiger partial charge in [-0.2, -0.15) is 0 Å². The zero-order chi connectivity index (χ0) is 15.1. The molecule has 2 atom stereocenters. The standard InChI is InChI=1S/C18H19FN2O/c1-22-14-4-2-3-12(7-14)9-21-10-16-15-8-13(19)5-6-17(15)20-18(16)11-21/h2-8,16,18,20H,9-11H2,1H3/t16-,18-/m0/s1. The van der Waals surface area contributed by atoms with Crippen LogP contribution in [0.4, 0.5) is 10.1 Å². The highest BCUT2D eigenvalue weighted by molar-refractivity contribution is 5.60. The van der Waals surface area contributed by atoms with Crippen LogP contribution in [0, 0.1) is 5.82 Å². The minimum atomic E-state index is -0.146. The van der Waals surface area contributed by atoms with Crippen LogP contribution in [0.3, 0.4) is 0 Å². The van der Waals surface area contributed by atoms with Crippen LogP contribution in [0.1, 0.15) is 17.0 Å². The highest BCUT2D eigenvalue weighted by Gasteiger charge is 2.39. The van der Waals surface area contributed by atoms with Gasteiger partial charge in [-0.25, -0.2) is 4.39 Å². The van der Waals surface area contributed by atoms with Gasteiger partial charge in [-0.3, -0.25) is 4.90 Å². The summed E-state index contributed by atoms with van der Waals surface area (Å²) >= 11 is 0. The number of anilines is 1. The van der Waals surface area contributed by atoms with Gasteiger partial charge in [-0.1, -0.05) is 12.1 Å². The number of methoxy groups -OCH3 is 1. The van der Waals surface area contributed by atoms with E-state index < -0.39 is 0 Å². The number of hydrogen-bond donors (Lipinski definition) is 1. The molecule has 2 heterocycles. The van der Waals surface area contributed by atoms with Crippen molar-refractivity contribution in [3.8, 4) is 5.75 Å². The van der Waals surface area contributed by atoms with E-state index in [2.05, 4.69) is 22.3 Å². The van der Waals surface area contributed by atoms with Crippen molar-refractivity contribution in [1.82, 2.24) is 4.90 Å². The molecule has 0 bridgehead atoms. The van der Waals surface area contributed by atoms with Crippen LogP contribution in [-0.4, -0.2) is 31.1 Å². The molecule has 4 rings (SSSR count). The molecule has 0 radical (unpaired) electrons. The second-order valence-corrected chi connectivity index (χ2v) is 6.13. The third-order valence-electron chi connectivity index (χ3n) is 4.69. The van der Waals surface area contributed by atoms with Crippen LogP contribution in [-0.2, 0) is 6.54 Å². The molecule has 1 N–H and O–H groups in total. The molecule has 4 heteroatoms. The van der Waals surface area contributed by atoms with Crippen LogP contribution in [0.5, 0.6) is 5.75 Å². The summed E-state index contributed by atoms with van der Waals surface area (Å²) in [7, 11) is 1.69. The Balaban J connectivity index is 1.50. The fourth-order valence-corrected chi connectivity index (χ4v) is 3.68. The SMILES string of the molecule is COc1cccc(CN2C[C@@H]3Nc4ccc(F)cc4[C@@H]3C2)c1. The first kappa shape index (κ1) is 13.6. The van der Waals surface area contributed by atoms with E-state index in [1.807, 2.05) is 18.2 Å². The summed E-state index contributed by atoms with van der Waals surface area (Å²) in [6.07, 6.45) is 0. The maximum absolute atomic E-state index is 13.5. The number of rotatable bonds is 3. The fraction of sp³-hybridized carbons (Fsp3) is 0.333. The van der Waals surface area contributed by atoms with Gasteiger partial charge in [0.15, 0.2) is 0 Å². The van der Waals surface area contributed by atoms with Crippen LogP contribution < -0.4 is 10.1 Å². The molecule has 0 aromatic heterocycles. The third kappa shape index (κ3) is 2.33. The van der Waals surface area contributed by atoms with E-state index in [1.165, 1.54) is 11.6 Å². The first-order chi connectivity index (χ1) is 10.7. The van der Waals surface area contributed by atoms with Gasteiger partial charge in [0.1, 0.15) is 11.6 Å². The van der Waals surface area contributed by atoms with E-state index in [4.69, 9.17) is 4.74 Å². The number of nitrogens with zero attached hydrogens (tertiary/aromatic N) is 1. The normalized spacial score (nSPS) is 23.0. The molecule has 2 aliphatic rings. The van der Waals surface area contributed by atoms with Crippen molar-refractivity contribution in [2.75, 3.05) is 25.5 Å². The number of likely N-dealkylation sites (tertiary alicyclic amines) is 1. The highest BCUT2D eigenvalue weighted by Crippen LogP contribution is 2.41. The number of halogens is 1. The molecule has 22 heavy (non-hydrogen) atoms. The van der Waals surface area contributed by atoms with Gasteiger partial charge in [0.05, 0.1) is 7.11 Å².